The number of rotatable bonds is 3. The van der Waals surface area contributed by atoms with E-state index in [4.69, 9.17) is 5.26 Å². The minimum absolute atomic E-state index is 0.00571. The van der Waals surface area contributed by atoms with Crippen LogP contribution in [0.3, 0.4) is 0 Å². The van der Waals surface area contributed by atoms with E-state index >= 15 is 0 Å². The van der Waals surface area contributed by atoms with Gasteiger partial charge in [0.1, 0.15) is 17.4 Å². The number of benzene rings is 1. The third kappa shape index (κ3) is 2.50. The number of halogens is 1. The highest BCUT2D eigenvalue weighted by molar-refractivity contribution is 5.96. The maximum absolute atomic E-state index is 13.5. The van der Waals surface area contributed by atoms with Crippen molar-refractivity contribution in [1.29, 1.82) is 5.26 Å². The molecule has 0 aliphatic heterocycles. The van der Waals surface area contributed by atoms with Crippen molar-refractivity contribution in [2.24, 2.45) is 0 Å². The molecule has 4 nitrogen and oxygen atoms in total. The maximum Gasteiger partial charge on any atom is 0.269 e. The SMILES string of the molecule is Cc1ccn(CC(=O)c2ccccc2F)c(=O)c1C#N. The second-order valence-electron chi connectivity index (χ2n) is 4.32. The smallest absolute Gasteiger partial charge is 0.269 e. The van der Waals surface area contributed by atoms with Crippen LogP contribution in [0.5, 0.6) is 0 Å². The Morgan fingerprint density at radius 2 is 2.05 bits per heavy atom. The summed E-state index contributed by atoms with van der Waals surface area (Å²) < 4.78 is 14.6. The molecule has 2 rings (SSSR count). The van der Waals surface area contributed by atoms with Crippen LogP contribution in [0.4, 0.5) is 4.39 Å². The van der Waals surface area contributed by atoms with Crippen molar-refractivity contribution in [1.82, 2.24) is 4.57 Å². The van der Waals surface area contributed by atoms with Gasteiger partial charge in [0, 0.05) is 6.20 Å². The molecule has 2 aromatic rings. The number of carbonyl (C=O) groups is 1. The van der Waals surface area contributed by atoms with E-state index in [2.05, 4.69) is 0 Å². The van der Waals surface area contributed by atoms with Gasteiger partial charge in [-0.3, -0.25) is 9.59 Å². The summed E-state index contributed by atoms with van der Waals surface area (Å²) in [5.41, 5.74) is -0.0726. The molecule has 1 aromatic carbocycles. The van der Waals surface area contributed by atoms with Gasteiger partial charge in [-0.25, -0.2) is 4.39 Å². The largest absolute Gasteiger partial charge is 0.307 e. The Labute approximate surface area is 114 Å². The van der Waals surface area contributed by atoms with E-state index in [0.29, 0.717) is 5.56 Å². The van der Waals surface area contributed by atoms with E-state index < -0.39 is 17.2 Å². The van der Waals surface area contributed by atoms with Gasteiger partial charge in [-0.15, -0.1) is 0 Å². The van der Waals surface area contributed by atoms with Crippen LogP contribution in [0, 0.1) is 24.1 Å². The lowest BCUT2D eigenvalue weighted by molar-refractivity contribution is 0.0967. The van der Waals surface area contributed by atoms with E-state index in [1.807, 2.05) is 6.07 Å². The van der Waals surface area contributed by atoms with Crippen molar-refractivity contribution in [2.45, 2.75) is 13.5 Å². The predicted molar refractivity (Wildman–Crippen MR) is 70.9 cm³/mol. The monoisotopic (exact) mass is 270 g/mol. The fourth-order valence-corrected chi connectivity index (χ4v) is 1.85. The molecule has 0 radical (unpaired) electrons. The standard InChI is InChI=1S/C15H11FN2O2/c1-10-6-7-18(15(20)12(10)8-17)9-14(19)11-4-2-3-5-13(11)16/h2-7H,9H2,1H3. The first-order chi connectivity index (χ1) is 9.54. The Morgan fingerprint density at radius 1 is 1.35 bits per heavy atom. The van der Waals surface area contributed by atoms with Crippen molar-refractivity contribution in [2.75, 3.05) is 0 Å². The summed E-state index contributed by atoms with van der Waals surface area (Å²) in [6.07, 6.45) is 1.43. The molecule has 0 N–H and O–H groups in total. The molecule has 0 aliphatic rings. The fourth-order valence-electron chi connectivity index (χ4n) is 1.85. The molecule has 0 saturated heterocycles. The van der Waals surface area contributed by atoms with Gasteiger partial charge in [-0.2, -0.15) is 5.26 Å². The number of Topliss-reactive ketones (excluding diaryl/α,β-unsaturated/α-hetero) is 1. The van der Waals surface area contributed by atoms with Gasteiger partial charge in [0.05, 0.1) is 12.1 Å². The minimum Gasteiger partial charge on any atom is -0.307 e. The van der Waals surface area contributed by atoms with Crippen LogP contribution in [0.25, 0.3) is 0 Å². The molecule has 1 heterocycles. The number of aryl methyl sites for hydroxylation is 1. The normalized spacial score (nSPS) is 10.1. The Morgan fingerprint density at radius 3 is 2.70 bits per heavy atom. The quantitative estimate of drug-likeness (QED) is 0.802. The van der Waals surface area contributed by atoms with Crippen LogP contribution in [0.15, 0.2) is 41.3 Å². The number of nitriles is 1. The molecule has 0 fully saturated rings. The maximum atomic E-state index is 13.5. The zero-order valence-corrected chi connectivity index (χ0v) is 10.8. The first kappa shape index (κ1) is 13.7. The van der Waals surface area contributed by atoms with Crippen LogP contribution in [0.1, 0.15) is 21.5 Å². The molecule has 0 amide bonds. The summed E-state index contributed by atoms with van der Waals surface area (Å²) in [7, 11) is 0. The van der Waals surface area contributed by atoms with E-state index in [0.717, 1.165) is 4.57 Å². The molecular weight excluding hydrogens is 259 g/mol. The van der Waals surface area contributed by atoms with Crippen molar-refractivity contribution in [3.05, 3.63) is 69.4 Å². The van der Waals surface area contributed by atoms with Crippen molar-refractivity contribution >= 4 is 5.78 Å². The van der Waals surface area contributed by atoms with Crippen molar-refractivity contribution in [3.63, 3.8) is 0 Å². The minimum atomic E-state index is -0.627. The number of nitrogens with zero attached hydrogens (tertiary/aromatic N) is 2. The molecule has 100 valence electrons. The molecule has 0 aliphatic carbocycles. The van der Waals surface area contributed by atoms with Crippen LogP contribution < -0.4 is 5.56 Å². The van der Waals surface area contributed by atoms with Crippen LogP contribution in [-0.4, -0.2) is 10.4 Å². The molecule has 5 heteroatoms. The third-order valence-electron chi connectivity index (χ3n) is 2.97. The summed E-state index contributed by atoms with van der Waals surface area (Å²) in [5, 5.41) is 8.91. The average Bonchev–Trinajstić information content (AvgIpc) is 2.43. The highest BCUT2D eigenvalue weighted by Gasteiger charge is 2.14. The number of hydrogen-bond donors (Lipinski definition) is 0. The number of ketones is 1. The lowest BCUT2D eigenvalue weighted by Crippen LogP contribution is -2.26. The van der Waals surface area contributed by atoms with Gasteiger partial charge in [0.2, 0.25) is 0 Å². The predicted octanol–water partition coefficient (Wildman–Crippen LogP) is 2.05. The van der Waals surface area contributed by atoms with Gasteiger partial charge in [-0.05, 0) is 30.7 Å². The number of pyridine rings is 1. The lowest BCUT2D eigenvalue weighted by atomic mass is 10.1. The molecule has 0 spiro atoms. The Hall–Kier alpha value is -2.74. The Kier molecular flexibility index (Phi) is 3.76. The molecule has 20 heavy (non-hydrogen) atoms. The highest BCUT2D eigenvalue weighted by atomic mass is 19.1. The molecule has 0 unspecified atom stereocenters. The zero-order chi connectivity index (χ0) is 14.7. The summed E-state index contributed by atoms with van der Waals surface area (Å²) in [6.45, 7) is 1.34. The second-order valence-corrected chi connectivity index (χ2v) is 4.32. The van der Waals surface area contributed by atoms with Crippen LogP contribution >= 0.6 is 0 Å². The summed E-state index contributed by atoms with van der Waals surface area (Å²) in [6, 6.07) is 8.97. The summed E-state index contributed by atoms with van der Waals surface area (Å²) in [5.74, 6) is -1.14. The second kappa shape index (κ2) is 5.49. The van der Waals surface area contributed by atoms with Crippen LogP contribution in [-0.2, 0) is 6.54 Å². The van der Waals surface area contributed by atoms with E-state index in [-0.39, 0.29) is 17.7 Å². The van der Waals surface area contributed by atoms with E-state index in [1.54, 1.807) is 19.1 Å². The van der Waals surface area contributed by atoms with Crippen LogP contribution in [0.2, 0.25) is 0 Å². The number of aromatic nitrogens is 1. The average molecular weight is 270 g/mol. The van der Waals surface area contributed by atoms with E-state index in [1.165, 1.54) is 24.4 Å². The first-order valence-electron chi connectivity index (χ1n) is 5.92. The summed E-state index contributed by atoms with van der Waals surface area (Å²) in [4.78, 5) is 24.0. The Bertz CT molecular complexity index is 772. The zero-order valence-electron chi connectivity index (χ0n) is 10.8. The Balaban J connectivity index is 2.37. The molecular formula is C15H11FN2O2. The van der Waals surface area contributed by atoms with Crippen molar-refractivity contribution in [3.8, 4) is 6.07 Å². The summed E-state index contributed by atoms with van der Waals surface area (Å²) >= 11 is 0. The number of hydrogen-bond acceptors (Lipinski definition) is 3. The topological polar surface area (TPSA) is 62.9 Å². The van der Waals surface area contributed by atoms with Gasteiger partial charge in [0.25, 0.3) is 5.56 Å². The third-order valence-corrected chi connectivity index (χ3v) is 2.97. The molecule has 0 atom stereocenters. The first-order valence-corrected chi connectivity index (χ1v) is 5.92. The van der Waals surface area contributed by atoms with Gasteiger partial charge >= 0.3 is 0 Å². The van der Waals surface area contributed by atoms with E-state index in [9.17, 15) is 14.0 Å². The number of carbonyl (C=O) groups excluding carboxylic acids is 1. The lowest BCUT2D eigenvalue weighted by Gasteiger charge is -2.07. The van der Waals surface area contributed by atoms with Crippen molar-refractivity contribution < 1.29 is 9.18 Å². The van der Waals surface area contributed by atoms with Gasteiger partial charge < -0.3 is 4.57 Å². The fraction of sp³-hybridized carbons (Fsp3) is 0.133. The molecule has 0 bridgehead atoms. The van der Waals surface area contributed by atoms with Gasteiger partial charge in [0.15, 0.2) is 5.78 Å². The molecule has 1 aromatic heterocycles. The molecule has 0 saturated carbocycles. The highest BCUT2D eigenvalue weighted by Crippen LogP contribution is 2.08. The van der Waals surface area contributed by atoms with Gasteiger partial charge in [-0.1, -0.05) is 12.1 Å².